The summed E-state index contributed by atoms with van der Waals surface area (Å²) in [5.74, 6) is 0.728. The van der Waals surface area contributed by atoms with Crippen LogP contribution >= 0.6 is 11.8 Å². The summed E-state index contributed by atoms with van der Waals surface area (Å²) in [6.07, 6.45) is 0. The Bertz CT molecular complexity index is 536. The minimum absolute atomic E-state index is 0.0490. The molecule has 0 aliphatic heterocycles. The second-order valence-electron chi connectivity index (χ2n) is 3.93. The third kappa shape index (κ3) is 2.91. The van der Waals surface area contributed by atoms with Crippen molar-refractivity contribution in [2.75, 3.05) is 11.5 Å². The number of nitrogens with two attached hydrogens (primary N) is 3. The third-order valence-corrected chi connectivity index (χ3v) is 3.31. The van der Waals surface area contributed by atoms with Crippen molar-refractivity contribution in [3.63, 3.8) is 0 Å². The average molecular weight is 261 g/mol. The summed E-state index contributed by atoms with van der Waals surface area (Å²) in [5, 5.41) is 0.528. The average Bonchev–Trinajstić information content (AvgIpc) is 2.27. The zero-order valence-corrected chi connectivity index (χ0v) is 10.8. The van der Waals surface area contributed by atoms with E-state index in [2.05, 4.69) is 9.97 Å². The van der Waals surface area contributed by atoms with Crippen LogP contribution in [-0.4, -0.2) is 9.97 Å². The molecule has 6 heteroatoms. The maximum absolute atomic E-state index is 5.92. The van der Waals surface area contributed by atoms with Gasteiger partial charge in [-0.15, -0.1) is 0 Å². The van der Waals surface area contributed by atoms with E-state index >= 15 is 0 Å². The predicted molar refractivity (Wildman–Crippen MR) is 74.0 cm³/mol. The van der Waals surface area contributed by atoms with Crippen LogP contribution in [0.5, 0.6) is 0 Å². The highest BCUT2D eigenvalue weighted by molar-refractivity contribution is 7.99. The van der Waals surface area contributed by atoms with E-state index in [0.29, 0.717) is 16.8 Å². The monoisotopic (exact) mass is 261 g/mol. The lowest BCUT2D eigenvalue weighted by Gasteiger charge is -2.11. The standard InChI is InChI=1S/C12H15N5S/c1-7(13)8-4-2-3-5-9(8)18-12-16-10(14)6-11(15)17-12/h2-7H,13H2,1H3,(H4,14,15,16,17). The van der Waals surface area contributed by atoms with Crippen molar-refractivity contribution < 1.29 is 0 Å². The fraction of sp³-hybridized carbons (Fsp3) is 0.167. The number of rotatable bonds is 3. The van der Waals surface area contributed by atoms with Crippen LogP contribution in [-0.2, 0) is 0 Å². The topological polar surface area (TPSA) is 104 Å². The van der Waals surface area contributed by atoms with Gasteiger partial charge in [0, 0.05) is 17.0 Å². The van der Waals surface area contributed by atoms with Gasteiger partial charge in [0.2, 0.25) is 0 Å². The first-order valence-electron chi connectivity index (χ1n) is 5.48. The van der Waals surface area contributed by atoms with E-state index in [0.717, 1.165) is 10.5 Å². The van der Waals surface area contributed by atoms with Gasteiger partial charge in [0.15, 0.2) is 5.16 Å². The van der Waals surface area contributed by atoms with Gasteiger partial charge in [0.05, 0.1) is 0 Å². The Morgan fingerprint density at radius 1 is 1.11 bits per heavy atom. The molecule has 0 bridgehead atoms. The van der Waals surface area contributed by atoms with Crippen LogP contribution in [0, 0.1) is 0 Å². The first-order valence-corrected chi connectivity index (χ1v) is 6.30. The number of nitrogen functional groups attached to an aromatic ring is 2. The lowest BCUT2D eigenvalue weighted by Crippen LogP contribution is -2.06. The van der Waals surface area contributed by atoms with E-state index in [1.807, 2.05) is 31.2 Å². The third-order valence-electron chi connectivity index (χ3n) is 2.36. The highest BCUT2D eigenvalue weighted by Crippen LogP contribution is 2.31. The van der Waals surface area contributed by atoms with E-state index in [1.54, 1.807) is 0 Å². The molecule has 0 radical (unpaired) electrons. The van der Waals surface area contributed by atoms with Crippen LogP contribution < -0.4 is 17.2 Å². The smallest absolute Gasteiger partial charge is 0.196 e. The molecule has 0 saturated heterocycles. The van der Waals surface area contributed by atoms with Gasteiger partial charge in [-0.2, -0.15) is 0 Å². The van der Waals surface area contributed by atoms with Crippen LogP contribution in [0.2, 0.25) is 0 Å². The summed E-state index contributed by atoms with van der Waals surface area (Å²) in [7, 11) is 0. The Morgan fingerprint density at radius 2 is 1.72 bits per heavy atom. The molecule has 94 valence electrons. The van der Waals surface area contributed by atoms with Gasteiger partial charge < -0.3 is 17.2 Å². The van der Waals surface area contributed by atoms with Gasteiger partial charge >= 0.3 is 0 Å². The van der Waals surface area contributed by atoms with Crippen LogP contribution in [0.3, 0.4) is 0 Å². The first kappa shape index (κ1) is 12.7. The first-order chi connectivity index (χ1) is 8.56. The van der Waals surface area contributed by atoms with E-state index in [9.17, 15) is 0 Å². The van der Waals surface area contributed by atoms with Crippen LogP contribution in [0.15, 0.2) is 40.4 Å². The second-order valence-corrected chi connectivity index (χ2v) is 4.94. The molecule has 2 aromatic rings. The van der Waals surface area contributed by atoms with Gasteiger partial charge in [0.25, 0.3) is 0 Å². The Morgan fingerprint density at radius 3 is 2.33 bits per heavy atom. The number of hydrogen-bond donors (Lipinski definition) is 3. The molecule has 0 spiro atoms. The summed E-state index contributed by atoms with van der Waals surface area (Å²) in [6.45, 7) is 1.94. The molecule has 1 aromatic carbocycles. The number of nitrogens with zero attached hydrogens (tertiary/aromatic N) is 2. The van der Waals surface area contributed by atoms with Crippen molar-refractivity contribution in [1.29, 1.82) is 0 Å². The number of benzene rings is 1. The van der Waals surface area contributed by atoms with Gasteiger partial charge in [-0.3, -0.25) is 0 Å². The van der Waals surface area contributed by atoms with E-state index in [4.69, 9.17) is 17.2 Å². The number of aromatic nitrogens is 2. The highest BCUT2D eigenvalue weighted by atomic mass is 32.2. The summed E-state index contributed by atoms with van der Waals surface area (Å²) in [5.41, 5.74) is 18.3. The van der Waals surface area contributed by atoms with Crippen molar-refractivity contribution in [2.45, 2.75) is 23.0 Å². The zero-order valence-electron chi connectivity index (χ0n) is 10.00. The van der Waals surface area contributed by atoms with Gasteiger partial charge in [-0.1, -0.05) is 18.2 Å². The molecule has 1 heterocycles. The van der Waals surface area contributed by atoms with Crippen LogP contribution in [0.4, 0.5) is 11.6 Å². The Kier molecular flexibility index (Phi) is 3.69. The normalized spacial score (nSPS) is 12.3. The maximum atomic E-state index is 5.92. The van der Waals surface area contributed by atoms with Gasteiger partial charge in [0.1, 0.15) is 11.6 Å². The molecule has 0 saturated carbocycles. The molecule has 0 amide bonds. The minimum Gasteiger partial charge on any atom is -0.383 e. The summed E-state index contributed by atoms with van der Waals surface area (Å²) in [4.78, 5) is 9.29. The molecule has 0 aliphatic rings. The van der Waals surface area contributed by atoms with Crippen molar-refractivity contribution in [1.82, 2.24) is 9.97 Å². The molecule has 0 aliphatic carbocycles. The molecule has 6 N–H and O–H groups in total. The maximum Gasteiger partial charge on any atom is 0.196 e. The quantitative estimate of drug-likeness (QED) is 0.728. The molecular weight excluding hydrogens is 246 g/mol. The molecule has 2 rings (SSSR count). The molecule has 1 atom stereocenters. The Hall–Kier alpha value is -1.79. The minimum atomic E-state index is -0.0490. The van der Waals surface area contributed by atoms with Crippen LogP contribution in [0.1, 0.15) is 18.5 Å². The zero-order chi connectivity index (χ0) is 13.1. The molecule has 18 heavy (non-hydrogen) atoms. The van der Waals surface area contributed by atoms with Gasteiger partial charge in [-0.25, -0.2) is 9.97 Å². The van der Waals surface area contributed by atoms with Crippen molar-refractivity contribution in [3.05, 3.63) is 35.9 Å². The second kappa shape index (κ2) is 5.24. The lowest BCUT2D eigenvalue weighted by molar-refractivity contribution is 0.796. The Balaban J connectivity index is 2.34. The van der Waals surface area contributed by atoms with Crippen molar-refractivity contribution >= 4 is 23.4 Å². The highest BCUT2D eigenvalue weighted by Gasteiger charge is 2.09. The SMILES string of the molecule is CC(N)c1ccccc1Sc1nc(N)cc(N)n1. The number of anilines is 2. The Labute approximate surface area is 110 Å². The summed E-state index contributed by atoms with van der Waals surface area (Å²) >= 11 is 1.41. The summed E-state index contributed by atoms with van der Waals surface area (Å²) < 4.78 is 0. The van der Waals surface area contributed by atoms with Crippen molar-refractivity contribution in [2.24, 2.45) is 5.73 Å². The molecule has 0 fully saturated rings. The number of hydrogen-bond acceptors (Lipinski definition) is 6. The molecule has 1 unspecified atom stereocenters. The predicted octanol–water partition coefficient (Wildman–Crippen LogP) is 1.81. The molecular formula is C12H15N5S. The van der Waals surface area contributed by atoms with E-state index in [-0.39, 0.29) is 6.04 Å². The summed E-state index contributed by atoms with van der Waals surface area (Å²) in [6, 6.07) is 9.35. The van der Waals surface area contributed by atoms with Crippen LogP contribution in [0.25, 0.3) is 0 Å². The van der Waals surface area contributed by atoms with Gasteiger partial charge in [-0.05, 0) is 30.3 Å². The van der Waals surface area contributed by atoms with E-state index < -0.39 is 0 Å². The fourth-order valence-corrected chi connectivity index (χ4v) is 2.57. The van der Waals surface area contributed by atoms with E-state index in [1.165, 1.54) is 17.8 Å². The molecule has 5 nitrogen and oxygen atoms in total. The largest absolute Gasteiger partial charge is 0.383 e. The lowest BCUT2D eigenvalue weighted by atomic mass is 10.1. The van der Waals surface area contributed by atoms with Crippen molar-refractivity contribution in [3.8, 4) is 0 Å². The molecule has 1 aromatic heterocycles. The fourth-order valence-electron chi connectivity index (χ4n) is 1.56.